The summed E-state index contributed by atoms with van der Waals surface area (Å²) in [6.45, 7) is 1.65. The molecule has 0 amide bonds. The maximum atomic E-state index is 11.9. The molecule has 0 aliphatic heterocycles. The highest BCUT2D eigenvalue weighted by Crippen LogP contribution is 2.19. The van der Waals surface area contributed by atoms with Gasteiger partial charge < -0.3 is 4.52 Å². The molecule has 1 aromatic carbocycles. The zero-order valence-corrected chi connectivity index (χ0v) is 10.1. The summed E-state index contributed by atoms with van der Waals surface area (Å²) in [6.07, 6.45) is 0. The maximum Gasteiger partial charge on any atom is 0.263 e. The molecule has 1 heterocycles. The first-order valence-electron chi connectivity index (χ1n) is 4.91. The topological polar surface area (TPSA) is 102 Å². The largest absolute Gasteiger partial charge is 0.360 e. The minimum absolute atomic E-state index is 0.00977. The molecule has 0 unspecified atom stereocenters. The quantitative estimate of drug-likeness (QED) is 0.860. The van der Waals surface area contributed by atoms with Gasteiger partial charge in [-0.3, -0.25) is 4.72 Å². The minimum Gasteiger partial charge on any atom is -0.360 e. The molecule has 0 atom stereocenters. The summed E-state index contributed by atoms with van der Waals surface area (Å²) in [5.74, 6) is 0.596. The molecule has 7 nitrogen and oxygen atoms in total. The molecule has 0 saturated carbocycles. The summed E-state index contributed by atoms with van der Waals surface area (Å²) in [4.78, 5) is 10.2. The van der Waals surface area contributed by atoms with Crippen molar-refractivity contribution in [1.82, 2.24) is 5.16 Å². The minimum atomic E-state index is -3.74. The number of hydrogen-bond donors (Lipinski definition) is 1. The van der Waals surface area contributed by atoms with Crippen molar-refractivity contribution in [1.29, 1.82) is 0 Å². The van der Waals surface area contributed by atoms with Gasteiger partial charge in [0.05, 0.1) is 4.90 Å². The van der Waals surface area contributed by atoms with Crippen LogP contribution >= 0.6 is 0 Å². The average molecular weight is 273 g/mol. The highest BCUT2D eigenvalue weighted by atomic mass is 32.2. The zero-order chi connectivity index (χ0) is 13.2. The summed E-state index contributed by atoms with van der Waals surface area (Å²) in [5.41, 5.74) is 0.159. The Bertz CT molecular complexity index is 661. The van der Waals surface area contributed by atoms with Crippen LogP contribution in [-0.4, -0.2) is 13.6 Å². The number of aryl methyl sites for hydroxylation is 1. The Balaban J connectivity index is 2.27. The van der Waals surface area contributed by atoms with Crippen LogP contribution in [0.25, 0.3) is 0 Å². The fourth-order valence-corrected chi connectivity index (χ4v) is 2.28. The molecule has 2 rings (SSSR count). The molecule has 2 aromatic rings. The van der Waals surface area contributed by atoms with Crippen molar-refractivity contribution in [3.05, 3.63) is 41.0 Å². The van der Waals surface area contributed by atoms with E-state index in [9.17, 15) is 13.3 Å². The lowest BCUT2D eigenvalue weighted by atomic mass is 10.5. The molecule has 1 N–H and O–H groups in total. The van der Waals surface area contributed by atoms with E-state index in [0.29, 0.717) is 5.76 Å². The van der Waals surface area contributed by atoms with Gasteiger partial charge in [-0.15, -0.1) is 4.91 Å². The van der Waals surface area contributed by atoms with Gasteiger partial charge in [-0.25, -0.2) is 8.42 Å². The van der Waals surface area contributed by atoms with E-state index in [1.165, 1.54) is 30.3 Å². The normalized spacial score (nSPS) is 11.2. The number of aromatic nitrogens is 1. The number of nitrogens with zero attached hydrogens (tertiary/aromatic N) is 2. The first kappa shape index (κ1) is 12.2. The molecule has 18 heavy (non-hydrogen) atoms. The van der Waals surface area contributed by atoms with Gasteiger partial charge >= 0.3 is 0 Å². The number of rotatable bonds is 4. The SMILES string of the molecule is Cc1cc(NS(=O)(=O)[13c]2[13cH][13cH][13c](N=O)[13cH][13cH]2)no1. The van der Waals surface area contributed by atoms with Crippen LogP contribution in [0.4, 0.5) is 11.5 Å². The Morgan fingerprint density at radius 2 is 1.94 bits per heavy atom. The summed E-state index contributed by atoms with van der Waals surface area (Å²) in [5, 5.41) is 6.21. The van der Waals surface area contributed by atoms with Gasteiger partial charge in [0.25, 0.3) is 10.0 Å². The summed E-state index contributed by atoms with van der Waals surface area (Å²) in [6, 6.07) is 6.65. The van der Waals surface area contributed by atoms with Crippen molar-refractivity contribution in [2.24, 2.45) is 5.18 Å². The smallest absolute Gasteiger partial charge is 0.263 e. The Morgan fingerprint density at radius 1 is 1.28 bits per heavy atom. The van der Waals surface area contributed by atoms with E-state index in [1.54, 1.807) is 6.92 Å². The predicted molar refractivity (Wildman–Crippen MR) is 63.9 cm³/mol. The van der Waals surface area contributed by atoms with Crippen LogP contribution in [0.2, 0.25) is 0 Å². The van der Waals surface area contributed by atoms with Gasteiger partial charge in [-0.05, 0) is 36.4 Å². The van der Waals surface area contributed by atoms with Crippen LogP contribution in [0.3, 0.4) is 0 Å². The number of hydrogen-bond acceptors (Lipinski definition) is 6. The average Bonchev–Trinajstić information content (AvgIpc) is 2.74. The van der Waals surface area contributed by atoms with E-state index in [-0.39, 0.29) is 16.4 Å². The van der Waals surface area contributed by atoms with Gasteiger partial charge in [-0.1, -0.05) is 5.16 Å². The first-order valence-corrected chi connectivity index (χ1v) is 6.39. The number of benzene rings is 1. The molecule has 0 fully saturated rings. The van der Waals surface area contributed by atoms with E-state index >= 15 is 0 Å². The van der Waals surface area contributed by atoms with Gasteiger partial charge in [0.15, 0.2) is 5.82 Å². The fraction of sp³-hybridized carbons (Fsp3) is 0.100. The lowest BCUT2D eigenvalue weighted by molar-refractivity contribution is 0.400. The number of nitrogens with one attached hydrogen (secondary N) is 1. The Labute approximate surface area is 103 Å². The molecular formula is C10H9N3O4S. The number of nitroso groups, excluding NO2 is 1. The molecule has 8 heteroatoms. The lowest BCUT2D eigenvalue weighted by Gasteiger charge is -2.04. The second-order valence-corrected chi connectivity index (χ2v) is 5.20. The molecule has 0 spiro atoms. The standard InChI is InChI=1S/C10H9N3O4S/c1-7-6-10(12-17-7)13-18(15,16)9-4-2-8(11-14)3-5-9/h2-6H,1H3,(H,12,13)/i2+1,3+1,4+1,5+1,8+1,9+1. The van der Waals surface area contributed by atoms with E-state index in [0.717, 1.165) is 0 Å². The highest BCUT2D eigenvalue weighted by Gasteiger charge is 2.16. The molecule has 0 aliphatic carbocycles. The summed E-state index contributed by atoms with van der Waals surface area (Å²) < 4.78 is 30.8. The van der Waals surface area contributed by atoms with Crippen molar-refractivity contribution in [3.8, 4) is 0 Å². The molecular weight excluding hydrogens is 264 g/mol. The van der Waals surface area contributed by atoms with Gasteiger partial charge in [0.2, 0.25) is 0 Å². The van der Waals surface area contributed by atoms with E-state index < -0.39 is 10.0 Å². The van der Waals surface area contributed by atoms with E-state index in [1.807, 2.05) is 0 Å². The summed E-state index contributed by atoms with van der Waals surface area (Å²) in [7, 11) is -3.74. The molecule has 0 aliphatic rings. The van der Waals surface area contributed by atoms with Crippen molar-refractivity contribution < 1.29 is 12.9 Å². The Morgan fingerprint density at radius 3 is 2.44 bits per heavy atom. The van der Waals surface area contributed by atoms with Gasteiger partial charge in [0.1, 0.15) is 11.4 Å². The Hall–Kier alpha value is -2.22. The molecule has 0 bridgehead atoms. The van der Waals surface area contributed by atoms with Gasteiger partial charge in [0, 0.05) is 6.07 Å². The molecule has 0 saturated heterocycles. The molecule has 94 valence electrons. The van der Waals surface area contributed by atoms with Crippen LogP contribution in [0, 0.1) is 11.8 Å². The first-order chi connectivity index (χ1) is 8.51. The van der Waals surface area contributed by atoms with Crippen LogP contribution in [-0.2, 0) is 10.0 Å². The van der Waals surface area contributed by atoms with Crippen LogP contribution < -0.4 is 4.72 Å². The molecule has 0 radical (unpaired) electrons. The number of sulfonamides is 1. The van der Waals surface area contributed by atoms with Crippen molar-refractivity contribution in [2.75, 3.05) is 4.72 Å². The van der Waals surface area contributed by atoms with Crippen LogP contribution in [0.15, 0.2) is 44.9 Å². The lowest BCUT2D eigenvalue weighted by Crippen LogP contribution is -2.12. The van der Waals surface area contributed by atoms with Crippen molar-refractivity contribution in [2.45, 2.75) is 11.8 Å². The monoisotopic (exact) mass is 273 g/mol. The highest BCUT2D eigenvalue weighted by molar-refractivity contribution is 7.92. The third-order valence-electron chi connectivity index (χ3n) is 2.12. The second kappa shape index (κ2) is 4.57. The third kappa shape index (κ3) is 2.54. The van der Waals surface area contributed by atoms with E-state index in [2.05, 4.69) is 15.1 Å². The van der Waals surface area contributed by atoms with Crippen molar-refractivity contribution in [3.63, 3.8) is 0 Å². The third-order valence-corrected chi connectivity index (χ3v) is 3.49. The zero-order valence-electron chi connectivity index (χ0n) is 9.32. The van der Waals surface area contributed by atoms with Gasteiger partial charge in [-0.2, -0.15) is 0 Å². The molecule has 1 aromatic heterocycles. The number of anilines is 1. The fourth-order valence-electron chi connectivity index (χ4n) is 1.30. The predicted octanol–water partition coefficient (Wildman–Crippen LogP) is 2.18. The van der Waals surface area contributed by atoms with E-state index in [4.69, 9.17) is 4.52 Å². The second-order valence-electron chi connectivity index (χ2n) is 3.51. The van der Waals surface area contributed by atoms with Crippen LogP contribution in [0.1, 0.15) is 5.76 Å². The van der Waals surface area contributed by atoms with Crippen LogP contribution in [0.5, 0.6) is 0 Å². The Kier molecular flexibility index (Phi) is 3.11. The summed E-state index contributed by atoms with van der Waals surface area (Å²) >= 11 is 0. The maximum absolute atomic E-state index is 11.9. The van der Waals surface area contributed by atoms with Crippen molar-refractivity contribution >= 4 is 21.5 Å².